The number of halogens is 1. The van der Waals surface area contributed by atoms with Gasteiger partial charge in [-0.3, -0.25) is 19.2 Å². The van der Waals surface area contributed by atoms with Gasteiger partial charge >= 0.3 is 0 Å². The first-order valence-corrected chi connectivity index (χ1v) is 11.9. The van der Waals surface area contributed by atoms with Crippen molar-refractivity contribution in [1.29, 1.82) is 0 Å². The van der Waals surface area contributed by atoms with E-state index in [0.717, 1.165) is 6.07 Å². The van der Waals surface area contributed by atoms with Crippen LogP contribution in [0.1, 0.15) is 39.1 Å². The van der Waals surface area contributed by atoms with Gasteiger partial charge in [0.05, 0.1) is 18.4 Å². The average molecular weight is 538 g/mol. The Kier molecular flexibility index (Phi) is 5.95. The maximum atomic E-state index is 15.3. The summed E-state index contributed by atoms with van der Waals surface area (Å²) in [5.74, 6) is -9.50. The number of ketones is 2. The number of aliphatic hydroxyl groups is 3. The highest BCUT2D eigenvalue weighted by atomic mass is 19.1. The van der Waals surface area contributed by atoms with Crippen LogP contribution in [0.2, 0.25) is 0 Å². The van der Waals surface area contributed by atoms with E-state index < -0.39 is 92.7 Å². The summed E-state index contributed by atoms with van der Waals surface area (Å²) in [6.07, 6.45) is -0.715. The minimum absolute atomic E-state index is 0.122. The van der Waals surface area contributed by atoms with Gasteiger partial charge in [0.15, 0.2) is 17.1 Å². The summed E-state index contributed by atoms with van der Waals surface area (Å²) in [6.45, 7) is 0. The number of nitrogens with one attached hydrogen (secondary N) is 1. The minimum atomic E-state index is -2.73. The third-order valence-electron chi connectivity index (χ3n) is 7.59. The third kappa shape index (κ3) is 3.75. The van der Waals surface area contributed by atoms with Gasteiger partial charge in [0.1, 0.15) is 28.7 Å². The molecule has 12 heteroatoms. The van der Waals surface area contributed by atoms with Crippen molar-refractivity contribution in [3.63, 3.8) is 0 Å². The molecule has 39 heavy (non-hydrogen) atoms. The fourth-order valence-corrected chi connectivity index (χ4v) is 5.70. The van der Waals surface area contributed by atoms with Crippen LogP contribution in [0.25, 0.3) is 0 Å². The third-order valence-corrected chi connectivity index (χ3v) is 7.59. The van der Waals surface area contributed by atoms with E-state index in [1.807, 2.05) is 0 Å². The van der Waals surface area contributed by atoms with Gasteiger partial charge in [0.25, 0.3) is 11.8 Å². The molecule has 0 radical (unpaired) electrons. The predicted octanol–water partition coefficient (Wildman–Crippen LogP) is 1.98. The number of hydrogen-bond acceptors (Lipinski definition) is 9. The number of primary amides is 1. The molecule has 2 aromatic rings. The van der Waals surface area contributed by atoms with E-state index >= 15 is 4.39 Å². The summed E-state index contributed by atoms with van der Waals surface area (Å²) < 4.78 is 20.3. The van der Waals surface area contributed by atoms with Crippen molar-refractivity contribution in [1.82, 2.24) is 0 Å². The molecule has 3 atom stereocenters. The molecule has 0 saturated heterocycles. The maximum Gasteiger partial charge on any atom is 0.255 e. The zero-order valence-corrected chi connectivity index (χ0v) is 20.4. The van der Waals surface area contributed by atoms with E-state index in [9.17, 15) is 39.6 Å². The number of amides is 2. The Hall–Kier alpha value is -4.71. The number of fused-ring (bicyclic) bond motifs is 3. The predicted molar refractivity (Wildman–Crippen MR) is 132 cm³/mol. The van der Waals surface area contributed by atoms with Crippen LogP contribution in [0.3, 0.4) is 0 Å². The van der Waals surface area contributed by atoms with Crippen LogP contribution in [-0.4, -0.2) is 56.5 Å². The standard InChI is InChI=1S/C27H23FN2O9/c1-39-13-4-2-3-10(6-13)26(37)30-16-9-15(28)14-7-11-5-12-8-17(31)20(25(29)36)24(35)27(12,38)23(34)18(11)22(33)19(14)21(16)32/h2-4,6,9,11-12,31-32,34,38H,5,7-8H2,1H3,(H2,29,36)(H,30,37)/t11?,12-,27-/m0/s1. The number of ether oxygens (including phenoxy) is 1. The molecular weight excluding hydrogens is 515 g/mol. The summed E-state index contributed by atoms with van der Waals surface area (Å²) in [5, 5.41) is 45.8. The zero-order chi connectivity index (χ0) is 28.4. The number of phenolic OH excluding ortho intramolecular Hbond substituents is 1. The topological polar surface area (TPSA) is 196 Å². The fourth-order valence-electron chi connectivity index (χ4n) is 5.70. The lowest BCUT2D eigenvalue weighted by atomic mass is 9.60. The molecule has 5 rings (SSSR count). The number of nitrogens with two attached hydrogens (primary N) is 1. The van der Waals surface area contributed by atoms with Crippen LogP contribution in [0.5, 0.6) is 11.5 Å². The molecule has 7 N–H and O–H groups in total. The average Bonchev–Trinajstić information content (AvgIpc) is 2.88. The second kappa shape index (κ2) is 8.95. The van der Waals surface area contributed by atoms with E-state index in [-0.39, 0.29) is 24.0 Å². The molecule has 2 amide bonds. The number of benzene rings is 2. The van der Waals surface area contributed by atoms with Crippen LogP contribution >= 0.6 is 0 Å². The molecule has 0 aromatic heterocycles. The van der Waals surface area contributed by atoms with Crippen molar-refractivity contribution in [2.75, 3.05) is 12.4 Å². The normalized spacial score (nSPS) is 24.1. The molecule has 2 aromatic carbocycles. The molecule has 0 heterocycles. The maximum absolute atomic E-state index is 15.3. The second-order valence-corrected chi connectivity index (χ2v) is 9.70. The fraction of sp³-hybridized carbons (Fsp3) is 0.259. The van der Waals surface area contributed by atoms with Gasteiger partial charge in [-0.05, 0) is 37.0 Å². The van der Waals surface area contributed by atoms with Crippen LogP contribution in [-0.2, 0) is 16.0 Å². The SMILES string of the molecule is COc1cccc(C(=O)Nc2cc(F)c3c(c2O)C(=O)C2=C(O)[C@]4(O)C(=O)C(C(N)=O)=C(O)C[C@@H]4CC2C3)c1. The van der Waals surface area contributed by atoms with Gasteiger partial charge < -0.3 is 36.2 Å². The Balaban J connectivity index is 1.57. The van der Waals surface area contributed by atoms with Crippen molar-refractivity contribution in [2.45, 2.75) is 24.9 Å². The number of Topliss-reactive ketones (excluding diaryl/α,β-unsaturated/α-hetero) is 2. The molecule has 3 aliphatic carbocycles. The Morgan fingerprint density at radius 1 is 1.15 bits per heavy atom. The lowest BCUT2D eigenvalue weighted by Gasteiger charge is -2.45. The first-order chi connectivity index (χ1) is 18.4. The van der Waals surface area contributed by atoms with Crippen molar-refractivity contribution in [2.24, 2.45) is 17.6 Å². The lowest BCUT2D eigenvalue weighted by Crippen LogP contribution is -2.57. The first kappa shape index (κ1) is 25.9. The summed E-state index contributed by atoms with van der Waals surface area (Å²) in [6, 6.07) is 6.88. The Bertz CT molecular complexity index is 1560. The van der Waals surface area contributed by atoms with Gasteiger partial charge in [-0.15, -0.1) is 0 Å². The van der Waals surface area contributed by atoms with E-state index in [0.29, 0.717) is 5.75 Å². The largest absolute Gasteiger partial charge is 0.511 e. The number of hydrogen-bond donors (Lipinski definition) is 6. The second-order valence-electron chi connectivity index (χ2n) is 9.70. The summed E-state index contributed by atoms with van der Waals surface area (Å²) >= 11 is 0. The van der Waals surface area contributed by atoms with Crippen LogP contribution < -0.4 is 15.8 Å². The lowest BCUT2D eigenvalue weighted by molar-refractivity contribution is -0.144. The first-order valence-electron chi connectivity index (χ1n) is 11.9. The number of carbonyl (C=O) groups excluding carboxylic acids is 4. The van der Waals surface area contributed by atoms with Crippen LogP contribution in [0, 0.1) is 17.7 Å². The smallest absolute Gasteiger partial charge is 0.255 e. The highest BCUT2D eigenvalue weighted by molar-refractivity contribution is 6.24. The molecule has 0 spiro atoms. The van der Waals surface area contributed by atoms with Crippen LogP contribution in [0.15, 0.2) is 53.0 Å². The number of allylic oxidation sites excluding steroid dienone is 2. The molecule has 3 aliphatic rings. The molecule has 0 bridgehead atoms. The van der Waals surface area contributed by atoms with E-state index in [1.165, 1.54) is 19.2 Å². The highest BCUT2D eigenvalue weighted by Gasteiger charge is 2.59. The van der Waals surface area contributed by atoms with Gasteiger partial charge in [-0.1, -0.05) is 6.07 Å². The minimum Gasteiger partial charge on any atom is -0.511 e. The Morgan fingerprint density at radius 3 is 2.54 bits per heavy atom. The number of aromatic hydroxyl groups is 1. The van der Waals surface area contributed by atoms with Gasteiger partial charge in [0.2, 0.25) is 5.78 Å². The van der Waals surface area contributed by atoms with Gasteiger partial charge in [-0.25, -0.2) is 4.39 Å². The monoisotopic (exact) mass is 538 g/mol. The quantitative estimate of drug-likeness (QED) is 0.249. The summed E-state index contributed by atoms with van der Waals surface area (Å²) in [5.41, 5.74) is 0.0909. The van der Waals surface area contributed by atoms with Crippen molar-refractivity contribution in [3.05, 3.63) is 75.5 Å². The molecule has 202 valence electrons. The van der Waals surface area contributed by atoms with Crippen molar-refractivity contribution < 1.29 is 48.7 Å². The number of anilines is 1. The number of aliphatic hydroxyl groups excluding tert-OH is 2. The molecule has 1 unspecified atom stereocenters. The summed E-state index contributed by atoms with van der Waals surface area (Å²) in [4.78, 5) is 51.1. The Morgan fingerprint density at radius 2 is 1.87 bits per heavy atom. The number of methoxy groups -OCH3 is 1. The van der Waals surface area contributed by atoms with E-state index in [1.54, 1.807) is 12.1 Å². The number of phenols is 1. The molecule has 0 aliphatic heterocycles. The highest BCUT2D eigenvalue weighted by Crippen LogP contribution is 2.52. The van der Waals surface area contributed by atoms with Crippen molar-refractivity contribution in [3.8, 4) is 11.5 Å². The zero-order valence-electron chi connectivity index (χ0n) is 20.4. The number of rotatable bonds is 4. The van der Waals surface area contributed by atoms with Gasteiger partial charge in [0, 0.05) is 35.1 Å². The van der Waals surface area contributed by atoms with E-state index in [2.05, 4.69) is 5.32 Å². The van der Waals surface area contributed by atoms with E-state index in [4.69, 9.17) is 10.5 Å². The summed E-state index contributed by atoms with van der Waals surface area (Å²) in [7, 11) is 1.41. The molecular formula is C27H23FN2O9. The van der Waals surface area contributed by atoms with Crippen molar-refractivity contribution >= 4 is 29.1 Å². The molecule has 11 nitrogen and oxygen atoms in total. The number of carbonyl (C=O) groups is 4. The van der Waals surface area contributed by atoms with Crippen LogP contribution in [0.4, 0.5) is 10.1 Å². The Labute approximate surface area is 220 Å². The molecule has 0 fully saturated rings. The van der Waals surface area contributed by atoms with Gasteiger partial charge in [-0.2, -0.15) is 0 Å². The molecule has 0 saturated carbocycles.